The maximum atomic E-state index is 13.3. The summed E-state index contributed by atoms with van der Waals surface area (Å²) in [6.07, 6.45) is 14.5. The zero-order valence-corrected chi connectivity index (χ0v) is 30.2. The van der Waals surface area contributed by atoms with Gasteiger partial charge in [-0.25, -0.2) is 0 Å². The average molecular weight is 679 g/mol. The van der Waals surface area contributed by atoms with Crippen molar-refractivity contribution in [1.29, 1.82) is 0 Å². The van der Waals surface area contributed by atoms with E-state index >= 15 is 0 Å². The number of rotatable bonds is 22. The highest BCUT2D eigenvalue weighted by atomic mass is 35.5. The molecule has 2 heterocycles. The van der Waals surface area contributed by atoms with Crippen molar-refractivity contribution >= 4 is 34.3 Å². The maximum Gasteiger partial charge on any atom is 0.306 e. The monoisotopic (exact) mass is 678 g/mol. The highest BCUT2D eigenvalue weighted by Gasteiger charge is 2.52. The summed E-state index contributed by atoms with van der Waals surface area (Å²) in [5, 5.41) is 24.4. The molecule has 2 aliphatic heterocycles. The molecule has 0 bridgehead atoms. The van der Waals surface area contributed by atoms with Crippen molar-refractivity contribution in [1.82, 2.24) is 10.2 Å². The Morgan fingerprint density at radius 2 is 1.51 bits per heavy atom. The van der Waals surface area contributed by atoms with Crippen LogP contribution in [0.2, 0.25) is 0 Å². The molecule has 1 amide bonds. The number of nitrogens with one attached hydrogen (secondary N) is 1. The number of likely N-dealkylation sites (tertiary alicyclic amines) is 1. The number of alkyl halides is 1. The molecule has 11 heteroatoms. The Morgan fingerprint density at radius 3 is 2.02 bits per heavy atom. The number of likely N-dealkylation sites (N-methyl/N-ethyl adjacent to an activating group) is 1. The van der Waals surface area contributed by atoms with E-state index in [1.165, 1.54) is 64.0 Å². The topological polar surface area (TPSA) is 125 Å². The second-order valence-electron chi connectivity index (χ2n) is 13.5. The number of esters is 1. The number of unbranched alkanes of at least 4 members (excludes halogenated alkanes) is 12. The lowest BCUT2D eigenvalue weighted by Crippen LogP contribution is -2.66. The molecule has 0 aromatic rings. The van der Waals surface area contributed by atoms with E-state index in [1.54, 1.807) is 6.92 Å². The molecule has 0 spiro atoms. The van der Waals surface area contributed by atoms with E-state index in [0.29, 0.717) is 12.3 Å². The molecule has 264 valence electrons. The zero-order chi connectivity index (χ0) is 33.4. The summed E-state index contributed by atoms with van der Waals surface area (Å²) in [6.45, 7) is 6.87. The first-order valence-electron chi connectivity index (χ1n) is 17.7. The quantitative estimate of drug-likeness (QED) is 0.0786. The van der Waals surface area contributed by atoms with E-state index < -0.39 is 58.0 Å². The fourth-order valence-electron chi connectivity index (χ4n) is 6.80. The van der Waals surface area contributed by atoms with E-state index in [-0.39, 0.29) is 18.4 Å². The van der Waals surface area contributed by atoms with Crippen LogP contribution >= 0.6 is 11.6 Å². The molecule has 0 saturated carbocycles. The highest BCUT2D eigenvalue weighted by molar-refractivity contribution is 7.84. The predicted molar refractivity (Wildman–Crippen MR) is 182 cm³/mol. The normalized spacial score (nSPS) is 29.3. The van der Waals surface area contributed by atoms with Gasteiger partial charge in [0.05, 0.1) is 28.3 Å². The number of carbonyl (C=O) groups excluding carboxylic acids is 2. The van der Waals surface area contributed by atoms with Crippen LogP contribution in [0.3, 0.4) is 0 Å². The van der Waals surface area contributed by atoms with Gasteiger partial charge in [-0.15, -0.1) is 11.6 Å². The minimum absolute atomic E-state index is 0.175. The molecule has 3 N–H and O–H groups in total. The van der Waals surface area contributed by atoms with Crippen LogP contribution in [0, 0.1) is 5.92 Å². The Morgan fingerprint density at radius 1 is 0.956 bits per heavy atom. The molecule has 0 unspecified atom stereocenters. The minimum Gasteiger partial charge on any atom is -0.456 e. The Balaban J connectivity index is 1.82. The van der Waals surface area contributed by atoms with Crippen LogP contribution in [0.1, 0.15) is 130 Å². The summed E-state index contributed by atoms with van der Waals surface area (Å²) in [7, 11) is 0.255. The third-order valence-electron chi connectivity index (χ3n) is 9.45. The summed E-state index contributed by atoms with van der Waals surface area (Å²) in [5.74, 6) is -0.310. The fourth-order valence-corrected chi connectivity index (χ4v) is 7.88. The summed E-state index contributed by atoms with van der Waals surface area (Å²) in [5.41, 5.74) is -1.18. The van der Waals surface area contributed by atoms with E-state index in [9.17, 15) is 24.0 Å². The minimum atomic E-state index is -1.66. The van der Waals surface area contributed by atoms with Gasteiger partial charge in [-0.2, -0.15) is 0 Å². The summed E-state index contributed by atoms with van der Waals surface area (Å²) in [4.78, 5) is 28.0. The molecule has 2 saturated heterocycles. The van der Waals surface area contributed by atoms with Gasteiger partial charge in [-0.3, -0.25) is 18.7 Å². The van der Waals surface area contributed by atoms with E-state index in [2.05, 4.69) is 19.2 Å². The number of ether oxygens (including phenoxy) is 2. The molecule has 0 aromatic carbocycles. The highest BCUT2D eigenvalue weighted by Crippen LogP contribution is 2.31. The smallest absolute Gasteiger partial charge is 0.306 e. The van der Waals surface area contributed by atoms with Crippen molar-refractivity contribution in [2.75, 3.05) is 19.8 Å². The zero-order valence-electron chi connectivity index (χ0n) is 28.6. The molecular formula is C34H63ClN2O7S. The molecule has 10 atom stereocenters. The lowest BCUT2D eigenvalue weighted by molar-refractivity contribution is -0.219. The SMILES string of the molecule is CCCCCCCCCCCCCCCC(=O)O[C@@H]1[C@@H](O)[C@@H](O)[C@@H]([C@H](NC(=O)[C@@H]2C[C@@H](CCC)CN2C)[C@H](C)Cl)O[C@H]1[S@@](C)=O. The second-order valence-corrected chi connectivity index (χ2v) is 15.6. The van der Waals surface area contributed by atoms with Crippen LogP contribution in [-0.4, -0.2) is 98.4 Å². The summed E-state index contributed by atoms with van der Waals surface area (Å²) >= 11 is 6.49. The van der Waals surface area contributed by atoms with Gasteiger partial charge >= 0.3 is 5.97 Å². The first-order valence-corrected chi connectivity index (χ1v) is 19.7. The van der Waals surface area contributed by atoms with Gasteiger partial charge in [0, 0.05) is 19.2 Å². The van der Waals surface area contributed by atoms with Crippen LogP contribution in [0.4, 0.5) is 0 Å². The Bertz CT molecular complexity index is 881. The molecule has 0 aromatic heterocycles. The van der Waals surface area contributed by atoms with Crippen molar-refractivity contribution < 1.29 is 33.5 Å². The standard InChI is InChI=1S/C34H63ClN2O7S/c1-6-8-9-10-11-12-13-14-15-16-17-18-19-21-27(38)43-32-30(40)29(39)31(44-34(32)45(5)42)28(24(3)35)36-33(41)26-22-25(20-7-2)23-37(26)4/h24-26,28-32,34,39-40H,6-23H2,1-5H3,(H,36,41)/t24-,25+,26-,28+,29+,30-,31+,32+,34-,45+/m0/s1. The first-order chi connectivity index (χ1) is 21.5. The van der Waals surface area contributed by atoms with Gasteiger partial charge < -0.3 is 25.0 Å². The molecule has 0 radical (unpaired) electrons. The number of carbonyl (C=O) groups is 2. The van der Waals surface area contributed by atoms with Crippen molar-refractivity contribution in [3.8, 4) is 0 Å². The Hall–Kier alpha value is -0.780. The van der Waals surface area contributed by atoms with Gasteiger partial charge in [0.15, 0.2) is 11.5 Å². The number of halogens is 1. The molecule has 9 nitrogen and oxygen atoms in total. The third-order valence-corrected chi connectivity index (χ3v) is 10.8. The van der Waals surface area contributed by atoms with E-state index in [4.69, 9.17) is 21.1 Å². The molecule has 45 heavy (non-hydrogen) atoms. The lowest BCUT2D eigenvalue weighted by atomic mass is 9.92. The van der Waals surface area contributed by atoms with Crippen molar-refractivity contribution in [2.45, 2.75) is 177 Å². The molecular weight excluding hydrogens is 616 g/mol. The Labute approximate surface area is 280 Å². The summed E-state index contributed by atoms with van der Waals surface area (Å²) < 4.78 is 24.3. The van der Waals surface area contributed by atoms with Crippen LogP contribution < -0.4 is 5.32 Å². The average Bonchev–Trinajstić information content (AvgIpc) is 3.36. The molecule has 2 aliphatic rings. The van der Waals surface area contributed by atoms with Gasteiger partial charge in [0.1, 0.15) is 18.3 Å². The maximum absolute atomic E-state index is 13.3. The molecule has 2 rings (SSSR count). The van der Waals surface area contributed by atoms with Crippen LogP contribution in [-0.2, 0) is 29.9 Å². The summed E-state index contributed by atoms with van der Waals surface area (Å²) in [6, 6.07) is -1.20. The van der Waals surface area contributed by atoms with Crippen LogP contribution in [0.15, 0.2) is 0 Å². The van der Waals surface area contributed by atoms with Crippen LogP contribution in [0.25, 0.3) is 0 Å². The van der Waals surface area contributed by atoms with Gasteiger partial charge in [0.25, 0.3) is 0 Å². The number of nitrogens with zero attached hydrogens (tertiary/aromatic N) is 1. The van der Waals surface area contributed by atoms with Gasteiger partial charge in [-0.1, -0.05) is 97.3 Å². The lowest BCUT2D eigenvalue weighted by Gasteiger charge is -2.45. The van der Waals surface area contributed by atoms with E-state index in [1.807, 2.05) is 11.9 Å². The largest absolute Gasteiger partial charge is 0.456 e. The fraction of sp³-hybridized carbons (Fsp3) is 0.941. The number of aliphatic hydroxyl groups excluding tert-OH is 2. The molecule has 0 aliphatic carbocycles. The number of aliphatic hydroxyl groups is 2. The van der Waals surface area contributed by atoms with Crippen LogP contribution in [0.5, 0.6) is 0 Å². The second kappa shape index (κ2) is 22.0. The Kier molecular flexibility index (Phi) is 19.7. The number of amides is 1. The first kappa shape index (κ1) is 40.4. The van der Waals surface area contributed by atoms with E-state index in [0.717, 1.165) is 45.1 Å². The van der Waals surface area contributed by atoms with Crippen molar-refractivity contribution in [3.05, 3.63) is 0 Å². The molecule has 2 fully saturated rings. The predicted octanol–water partition coefficient (Wildman–Crippen LogP) is 5.44. The van der Waals surface area contributed by atoms with Gasteiger partial charge in [-0.05, 0) is 39.2 Å². The van der Waals surface area contributed by atoms with Crippen molar-refractivity contribution in [2.24, 2.45) is 5.92 Å². The third kappa shape index (κ3) is 13.7. The number of hydrogen-bond acceptors (Lipinski definition) is 8. The van der Waals surface area contributed by atoms with Crippen molar-refractivity contribution in [3.63, 3.8) is 0 Å². The van der Waals surface area contributed by atoms with Gasteiger partial charge in [0.2, 0.25) is 5.91 Å². The number of hydrogen-bond donors (Lipinski definition) is 3.